The summed E-state index contributed by atoms with van der Waals surface area (Å²) in [4.78, 5) is 23.5. The van der Waals surface area contributed by atoms with E-state index >= 15 is 0 Å². The maximum atomic E-state index is 11.8. The molecule has 0 radical (unpaired) electrons. The minimum Gasteiger partial charge on any atom is -0.507 e. The Bertz CT molecular complexity index is 739. The normalized spacial score (nSPS) is 16.1. The number of rotatable bonds is 2. The summed E-state index contributed by atoms with van der Waals surface area (Å²) in [7, 11) is -4.45. The van der Waals surface area contributed by atoms with Crippen LogP contribution in [0.15, 0.2) is 41.3 Å². The SMILES string of the molecule is O=C1C(=O)c2ccccc2C(O)=C1/C=C/S(=O)(=O)O. The van der Waals surface area contributed by atoms with Crippen LogP contribution in [-0.2, 0) is 14.9 Å². The van der Waals surface area contributed by atoms with Crippen LogP contribution in [0.2, 0.25) is 0 Å². The van der Waals surface area contributed by atoms with E-state index in [2.05, 4.69) is 0 Å². The Labute approximate surface area is 108 Å². The Morgan fingerprint density at radius 1 is 1.00 bits per heavy atom. The van der Waals surface area contributed by atoms with Gasteiger partial charge in [0.15, 0.2) is 0 Å². The minimum atomic E-state index is -4.45. The zero-order valence-electron chi connectivity index (χ0n) is 9.40. The molecule has 0 unspecified atom stereocenters. The molecule has 2 N–H and O–H groups in total. The Balaban J connectivity index is 2.64. The van der Waals surface area contributed by atoms with E-state index in [1.54, 1.807) is 6.07 Å². The maximum absolute atomic E-state index is 11.8. The summed E-state index contributed by atoms with van der Waals surface area (Å²) >= 11 is 0. The van der Waals surface area contributed by atoms with Crippen molar-refractivity contribution in [3.63, 3.8) is 0 Å². The lowest BCUT2D eigenvalue weighted by Crippen LogP contribution is -2.23. The number of ketones is 2. The number of fused-ring (bicyclic) bond motifs is 1. The summed E-state index contributed by atoms with van der Waals surface area (Å²) in [5.74, 6) is -2.38. The Morgan fingerprint density at radius 2 is 1.58 bits per heavy atom. The van der Waals surface area contributed by atoms with Crippen LogP contribution in [0.4, 0.5) is 0 Å². The van der Waals surface area contributed by atoms with Gasteiger partial charge < -0.3 is 5.11 Å². The van der Waals surface area contributed by atoms with Crippen LogP contribution < -0.4 is 0 Å². The maximum Gasteiger partial charge on any atom is 0.287 e. The van der Waals surface area contributed by atoms with Gasteiger partial charge in [-0.25, -0.2) is 0 Å². The third-order valence-corrected chi connectivity index (χ3v) is 3.02. The van der Waals surface area contributed by atoms with Crippen molar-refractivity contribution in [2.45, 2.75) is 0 Å². The first kappa shape index (κ1) is 13.2. The monoisotopic (exact) mass is 280 g/mol. The predicted molar refractivity (Wildman–Crippen MR) is 66.0 cm³/mol. The van der Waals surface area contributed by atoms with Crippen molar-refractivity contribution < 1.29 is 27.7 Å². The third kappa shape index (κ3) is 2.47. The van der Waals surface area contributed by atoms with Crippen LogP contribution in [0.3, 0.4) is 0 Å². The topological polar surface area (TPSA) is 109 Å². The summed E-state index contributed by atoms with van der Waals surface area (Å²) in [5.41, 5.74) is -0.280. The van der Waals surface area contributed by atoms with Crippen molar-refractivity contribution in [2.24, 2.45) is 0 Å². The molecule has 1 aromatic rings. The Kier molecular flexibility index (Phi) is 3.09. The third-order valence-electron chi connectivity index (χ3n) is 2.54. The van der Waals surface area contributed by atoms with E-state index in [4.69, 9.17) is 4.55 Å². The van der Waals surface area contributed by atoms with Crippen molar-refractivity contribution in [3.05, 3.63) is 52.4 Å². The molecule has 2 rings (SSSR count). The molecule has 7 heteroatoms. The molecule has 1 aliphatic rings. The van der Waals surface area contributed by atoms with E-state index in [1.165, 1.54) is 18.2 Å². The molecule has 6 nitrogen and oxygen atoms in total. The Morgan fingerprint density at radius 3 is 2.16 bits per heavy atom. The molecule has 98 valence electrons. The van der Waals surface area contributed by atoms with Gasteiger partial charge in [0.25, 0.3) is 10.1 Å². The fourth-order valence-electron chi connectivity index (χ4n) is 1.69. The fourth-order valence-corrected chi connectivity index (χ4v) is 2.00. The molecule has 0 amide bonds. The average molecular weight is 280 g/mol. The zero-order chi connectivity index (χ0) is 14.2. The largest absolute Gasteiger partial charge is 0.507 e. The highest BCUT2D eigenvalue weighted by molar-refractivity contribution is 7.88. The predicted octanol–water partition coefficient (Wildman–Crippen LogP) is 1.12. The number of carbonyl (C=O) groups is 2. The second-order valence-corrected chi connectivity index (χ2v) is 5.09. The number of aliphatic hydroxyl groups is 1. The standard InChI is InChI=1S/C12H8O6S/c13-10-7-3-1-2-4-8(7)11(14)12(15)9(10)5-6-19(16,17)18/h1-6,13H,(H,16,17,18)/b6-5+. The highest BCUT2D eigenvalue weighted by Crippen LogP contribution is 2.28. The molecular weight excluding hydrogens is 272 g/mol. The number of carbonyl (C=O) groups excluding carboxylic acids is 2. The number of hydrogen-bond acceptors (Lipinski definition) is 5. The number of hydrogen-bond donors (Lipinski definition) is 2. The molecule has 0 bridgehead atoms. The van der Waals surface area contributed by atoms with E-state index in [0.717, 1.165) is 0 Å². The lowest BCUT2D eigenvalue weighted by molar-refractivity contribution is -0.111. The van der Waals surface area contributed by atoms with Gasteiger partial charge in [-0.05, 0) is 6.08 Å². The fraction of sp³-hybridized carbons (Fsp3) is 0. The van der Waals surface area contributed by atoms with E-state index in [9.17, 15) is 23.1 Å². The highest BCUT2D eigenvalue weighted by atomic mass is 32.2. The van der Waals surface area contributed by atoms with Crippen molar-refractivity contribution in [2.75, 3.05) is 0 Å². The molecule has 0 spiro atoms. The van der Waals surface area contributed by atoms with E-state index in [-0.39, 0.29) is 11.1 Å². The second kappa shape index (κ2) is 4.45. The van der Waals surface area contributed by atoms with Gasteiger partial charge in [-0.1, -0.05) is 24.3 Å². The quantitative estimate of drug-likeness (QED) is 0.620. The van der Waals surface area contributed by atoms with Crippen LogP contribution in [-0.4, -0.2) is 29.6 Å². The van der Waals surface area contributed by atoms with Gasteiger partial charge in [-0.3, -0.25) is 14.1 Å². The molecule has 1 aromatic carbocycles. The molecule has 0 saturated heterocycles. The summed E-state index contributed by atoms with van der Waals surface area (Å²) in [6.07, 6.45) is 0.695. The van der Waals surface area contributed by atoms with Crippen molar-refractivity contribution in [1.82, 2.24) is 0 Å². The zero-order valence-corrected chi connectivity index (χ0v) is 10.2. The number of Topliss-reactive ketones (excluding diaryl/α,β-unsaturated/α-hetero) is 2. The molecular formula is C12H8O6S. The van der Waals surface area contributed by atoms with Crippen LogP contribution in [0.25, 0.3) is 5.76 Å². The average Bonchev–Trinajstić information content (AvgIpc) is 2.35. The van der Waals surface area contributed by atoms with Crippen molar-refractivity contribution in [1.29, 1.82) is 0 Å². The van der Waals surface area contributed by atoms with Gasteiger partial charge in [-0.15, -0.1) is 0 Å². The molecule has 0 heterocycles. The first-order valence-corrected chi connectivity index (χ1v) is 6.59. The Hall–Kier alpha value is -2.25. The van der Waals surface area contributed by atoms with Gasteiger partial charge in [0.1, 0.15) is 5.76 Å². The molecule has 0 aromatic heterocycles. The lowest BCUT2D eigenvalue weighted by Gasteiger charge is -2.15. The summed E-state index contributed by atoms with van der Waals surface area (Å²) < 4.78 is 29.7. The van der Waals surface area contributed by atoms with Crippen molar-refractivity contribution in [3.8, 4) is 0 Å². The number of allylic oxidation sites excluding steroid dienone is 2. The summed E-state index contributed by atoms with van der Waals surface area (Å²) in [6.45, 7) is 0. The first-order chi connectivity index (χ1) is 8.81. The van der Waals surface area contributed by atoms with E-state index < -0.39 is 33.0 Å². The van der Waals surface area contributed by atoms with Crippen LogP contribution in [0, 0.1) is 0 Å². The van der Waals surface area contributed by atoms with E-state index in [1.807, 2.05) is 0 Å². The minimum absolute atomic E-state index is 0.0500. The summed E-state index contributed by atoms with van der Waals surface area (Å²) in [5, 5.41) is 10.2. The van der Waals surface area contributed by atoms with E-state index in [0.29, 0.717) is 11.5 Å². The van der Waals surface area contributed by atoms with Gasteiger partial charge in [0, 0.05) is 11.1 Å². The molecule has 0 fully saturated rings. The number of benzene rings is 1. The van der Waals surface area contributed by atoms with Crippen LogP contribution in [0.5, 0.6) is 0 Å². The molecule has 19 heavy (non-hydrogen) atoms. The number of aliphatic hydroxyl groups excluding tert-OH is 1. The van der Waals surface area contributed by atoms with Gasteiger partial charge in [0.05, 0.1) is 11.0 Å². The lowest BCUT2D eigenvalue weighted by atomic mass is 9.88. The second-order valence-electron chi connectivity index (χ2n) is 3.78. The molecule has 0 aliphatic heterocycles. The van der Waals surface area contributed by atoms with Gasteiger partial charge in [-0.2, -0.15) is 8.42 Å². The smallest absolute Gasteiger partial charge is 0.287 e. The summed E-state index contributed by atoms with van der Waals surface area (Å²) in [6, 6.07) is 5.91. The van der Waals surface area contributed by atoms with Gasteiger partial charge >= 0.3 is 0 Å². The molecule has 0 saturated carbocycles. The molecule has 1 aliphatic carbocycles. The van der Waals surface area contributed by atoms with Gasteiger partial charge in [0.2, 0.25) is 11.6 Å². The van der Waals surface area contributed by atoms with Crippen LogP contribution in [0.1, 0.15) is 15.9 Å². The highest BCUT2D eigenvalue weighted by Gasteiger charge is 2.31. The van der Waals surface area contributed by atoms with Crippen LogP contribution >= 0.6 is 0 Å². The first-order valence-electron chi connectivity index (χ1n) is 5.08. The van der Waals surface area contributed by atoms with Crippen molar-refractivity contribution >= 4 is 27.4 Å². The molecule has 0 atom stereocenters.